The van der Waals surface area contributed by atoms with Gasteiger partial charge in [-0.25, -0.2) is 0 Å². The molecule has 1 aliphatic carbocycles. The molecule has 1 aliphatic heterocycles. The van der Waals surface area contributed by atoms with Gasteiger partial charge in [-0.3, -0.25) is 9.59 Å². The zero-order chi connectivity index (χ0) is 19.0. The van der Waals surface area contributed by atoms with E-state index in [-0.39, 0.29) is 18.2 Å². The van der Waals surface area contributed by atoms with E-state index in [1.54, 1.807) is 0 Å². The molecule has 2 aliphatic rings. The summed E-state index contributed by atoms with van der Waals surface area (Å²) in [6, 6.07) is 9.84. The number of benzene rings is 1. The van der Waals surface area contributed by atoms with Crippen LogP contribution >= 0.6 is 23.1 Å². The van der Waals surface area contributed by atoms with E-state index in [1.165, 1.54) is 28.0 Å². The van der Waals surface area contributed by atoms with Crippen LogP contribution in [0.1, 0.15) is 35.8 Å². The smallest absolute Gasteiger partial charge is 0.238 e. The monoisotopic (exact) mass is 397 g/mol. The molecule has 27 heavy (non-hydrogen) atoms. The highest BCUT2D eigenvalue weighted by atomic mass is 32.2. The maximum atomic E-state index is 12.6. The van der Waals surface area contributed by atoms with E-state index in [0.717, 1.165) is 35.4 Å². The molecule has 2 heterocycles. The highest BCUT2D eigenvalue weighted by Crippen LogP contribution is 2.40. The number of thiophene rings is 1. The number of hydrogen-bond donors (Lipinski definition) is 2. The molecule has 138 valence electrons. The first-order valence-electron chi connectivity index (χ1n) is 8.96. The number of nitrogens with one attached hydrogen (secondary N) is 2. The molecule has 2 atom stereocenters. The summed E-state index contributed by atoms with van der Waals surface area (Å²) < 4.78 is 0. The van der Waals surface area contributed by atoms with Crippen molar-refractivity contribution in [2.45, 2.75) is 42.8 Å². The Morgan fingerprint density at radius 3 is 3.04 bits per heavy atom. The Labute approximate surface area is 166 Å². The molecule has 2 unspecified atom stereocenters. The minimum Gasteiger partial charge on any atom is -0.324 e. The third-order valence-electron chi connectivity index (χ3n) is 4.95. The van der Waals surface area contributed by atoms with Gasteiger partial charge in [0.15, 0.2) is 0 Å². The predicted octanol–water partition coefficient (Wildman–Crippen LogP) is 4.19. The molecule has 2 amide bonds. The minimum atomic E-state index is -0.472. The maximum Gasteiger partial charge on any atom is 0.238 e. The molecule has 0 radical (unpaired) electrons. The van der Waals surface area contributed by atoms with Crippen LogP contribution in [0.3, 0.4) is 0 Å². The fourth-order valence-corrected chi connectivity index (χ4v) is 6.02. The van der Waals surface area contributed by atoms with Gasteiger partial charge < -0.3 is 10.6 Å². The predicted molar refractivity (Wildman–Crippen MR) is 108 cm³/mol. The third kappa shape index (κ3) is 3.60. The first-order chi connectivity index (χ1) is 13.0. The quantitative estimate of drug-likeness (QED) is 0.814. The largest absolute Gasteiger partial charge is 0.324 e. The van der Waals surface area contributed by atoms with Crippen LogP contribution in [0.15, 0.2) is 29.2 Å². The number of para-hydroxylation sites is 1. The van der Waals surface area contributed by atoms with Crippen molar-refractivity contribution in [1.29, 1.82) is 5.26 Å². The lowest BCUT2D eigenvalue weighted by Crippen LogP contribution is -2.32. The Morgan fingerprint density at radius 1 is 1.41 bits per heavy atom. The number of nitriles is 1. The molecule has 5 nitrogen and oxygen atoms in total. The first-order valence-corrected chi connectivity index (χ1v) is 10.7. The molecule has 4 rings (SSSR count). The number of thioether (sulfide) groups is 1. The van der Waals surface area contributed by atoms with Gasteiger partial charge in [0.1, 0.15) is 11.1 Å². The number of anilines is 2. The van der Waals surface area contributed by atoms with Crippen molar-refractivity contribution >= 4 is 45.6 Å². The Kier molecular flexibility index (Phi) is 4.94. The second-order valence-electron chi connectivity index (χ2n) is 7.01. The summed E-state index contributed by atoms with van der Waals surface area (Å²) in [5, 5.41) is 15.5. The lowest BCUT2D eigenvalue weighted by Gasteiger charge is -2.23. The van der Waals surface area contributed by atoms with Crippen LogP contribution < -0.4 is 10.6 Å². The molecule has 2 aromatic rings. The van der Waals surface area contributed by atoms with Gasteiger partial charge in [-0.05, 0) is 42.9 Å². The van der Waals surface area contributed by atoms with Gasteiger partial charge in [0, 0.05) is 16.2 Å². The molecule has 0 bridgehead atoms. The molecular weight excluding hydrogens is 378 g/mol. The highest BCUT2D eigenvalue weighted by Gasteiger charge is 2.30. The van der Waals surface area contributed by atoms with Crippen molar-refractivity contribution in [3.05, 3.63) is 40.3 Å². The topological polar surface area (TPSA) is 82.0 Å². The van der Waals surface area contributed by atoms with Gasteiger partial charge in [0.2, 0.25) is 11.8 Å². The Hall–Kier alpha value is -2.30. The molecular formula is C20H19N3O2S2. The number of hydrogen-bond acceptors (Lipinski definition) is 5. The number of carbonyl (C=O) groups is 2. The van der Waals surface area contributed by atoms with Gasteiger partial charge in [-0.2, -0.15) is 5.26 Å². The average molecular weight is 398 g/mol. The standard InChI is InChI=1S/C20H19N3O2S2/c1-11-6-7-12-13(10-21)20(27-16(12)8-11)23-18(24)9-17-19(25)22-14-4-2-3-5-15(14)26-17/h2-5,11,17H,6-9H2,1H3,(H,22,25)(H,23,24). The summed E-state index contributed by atoms with van der Waals surface area (Å²) in [4.78, 5) is 27.1. The van der Waals surface area contributed by atoms with Crippen LogP contribution in [0.25, 0.3) is 0 Å². The summed E-state index contributed by atoms with van der Waals surface area (Å²) in [7, 11) is 0. The van der Waals surface area contributed by atoms with E-state index in [9.17, 15) is 14.9 Å². The zero-order valence-corrected chi connectivity index (χ0v) is 16.5. The Bertz CT molecular complexity index is 961. The van der Waals surface area contributed by atoms with E-state index in [4.69, 9.17) is 0 Å². The number of carbonyl (C=O) groups excluding carboxylic acids is 2. The molecule has 0 fully saturated rings. The van der Waals surface area contributed by atoms with E-state index in [1.807, 2.05) is 24.3 Å². The van der Waals surface area contributed by atoms with Crippen molar-refractivity contribution in [2.75, 3.05) is 10.6 Å². The maximum absolute atomic E-state index is 12.6. The molecule has 2 N–H and O–H groups in total. The number of fused-ring (bicyclic) bond motifs is 2. The lowest BCUT2D eigenvalue weighted by atomic mass is 9.88. The number of amides is 2. The minimum absolute atomic E-state index is 0.0780. The molecule has 0 saturated carbocycles. The Balaban J connectivity index is 1.48. The van der Waals surface area contributed by atoms with Crippen molar-refractivity contribution in [1.82, 2.24) is 0 Å². The second-order valence-corrected chi connectivity index (χ2v) is 9.36. The van der Waals surface area contributed by atoms with Crippen LogP contribution in [0.4, 0.5) is 10.7 Å². The molecule has 0 saturated heterocycles. The third-order valence-corrected chi connectivity index (χ3v) is 7.40. The van der Waals surface area contributed by atoms with E-state index in [2.05, 4.69) is 23.6 Å². The van der Waals surface area contributed by atoms with Crippen LogP contribution in [0.2, 0.25) is 0 Å². The average Bonchev–Trinajstić information content (AvgIpc) is 2.98. The fourth-order valence-electron chi connectivity index (χ4n) is 3.53. The summed E-state index contributed by atoms with van der Waals surface area (Å²) in [6.45, 7) is 2.21. The SMILES string of the molecule is CC1CCc2c(sc(NC(=O)CC3Sc4ccccc4NC3=O)c2C#N)C1. The Morgan fingerprint density at radius 2 is 2.22 bits per heavy atom. The highest BCUT2D eigenvalue weighted by molar-refractivity contribution is 8.01. The van der Waals surface area contributed by atoms with Crippen LogP contribution in [0, 0.1) is 17.2 Å². The van der Waals surface area contributed by atoms with Gasteiger partial charge in [-0.1, -0.05) is 19.1 Å². The van der Waals surface area contributed by atoms with Crippen LogP contribution in [0.5, 0.6) is 0 Å². The summed E-state index contributed by atoms with van der Waals surface area (Å²) in [5.41, 5.74) is 2.48. The molecule has 0 spiro atoms. The second kappa shape index (κ2) is 7.37. The zero-order valence-electron chi connectivity index (χ0n) is 14.9. The van der Waals surface area contributed by atoms with E-state index >= 15 is 0 Å². The number of nitrogens with zero attached hydrogens (tertiary/aromatic N) is 1. The van der Waals surface area contributed by atoms with E-state index < -0.39 is 5.25 Å². The molecule has 7 heteroatoms. The normalized spacial score (nSPS) is 20.8. The van der Waals surface area contributed by atoms with Crippen LogP contribution in [-0.4, -0.2) is 17.1 Å². The van der Waals surface area contributed by atoms with Gasteiger partial charge >= 0.3 is 0 Å². The van der Waals surface area contributed by atoms with Crippen LogP contribution in [-0.2, 0) is 22.4 Å². The van der Waals surface area contributed by atoms with Crippen molar-refractivity contribution in [3.63, 3.8) is 0 Å². The van der Waals surface area contributed by atoms with Crippen molar-refractivity contribution in [3.8, 4) is 6.07 Å². The van der Waals surface area contributed by atoms with Crippen molar-refractivity contribution in [2.24, 2.45) is 5.92 Å². The van der Waals surface area contributed by atoms with Gasteiger partial charge in [0.05, 0.1) is 16.5 Å². The van der Waals surface area contributed by atoms with Gasteiger partial charge in [-0.15, -0.1) is 23.1 Å². The van der Waals surface area contributed by atoms with Crippen molar-refractivity contribution < 1.29 is 9.59 Å². The number of rotatable bonds is 3. The summed E-state index contributed by atoms with van der Waals surface area (Å²) >= 11 is 2.92. The lowest BCUT2D eigenvalue weighted by molar-refractivity contribution is -0.120. The van der Waals surface area contributed by atoms with Gasteiger partial charge in [0.25, 0.3) is 0 Å². The van der Waals surface area contributed by atoms with E-state index in [0.29, 0.717) is 16.5 Å². The molecule has 1 aromatic carbocycles. The molecule has 1 aromatic heterocycles. The summed E-state index contributed by atoms with van der Waals surface area (Å²) in [5.74, 6) is 0.215. The summed E-state index contributed by atoms with van der Waals surface area (Å²) in [6.07, 6.45) is 3.00. The fraction of sp³-hybridized carbons (Fsp3) is 0.350. The first kappa shape index (κ1) is 18.1.